The first kappa shape index (κ1) is 17.7. The number of ether oxygens (including phenoxy) is 1. The van der Waals surface area contributed by atoms with E-state index in [0.29, 0.717) is 36.6 Å². The first-order valence-corrected chi connectivity index (χ1v) is 10.2. The van der Waals surface area contributed by atoms with Crippen LogP contribution in [0.5, 0.6) is 5.75 Å². The van der Waals surface area contributed by atoms with E-state index in [9.17, 15) is 8.42 Å². The number of aryl methyl sites for hydroxylation is 1. The number of hydrogen-bond donors (Lipinski definition) is 0. The summed E-state index contributed by atoms with van der Waals surface area (Å²) in [6.45, 7) is 3.24. The van der Waals surface area contributed by atoms with Gasteiger partial charge in [-0.05, 0) is 54.3 Å². The number of fused-ring (bicyclic) bond motifs is 1. The Hall–Kier alpha value is -2.69. The van der Waals surface area contributed by atoms with Gasteiger partial charge >= 0.3 is 0 Å². The van der Waals surface area contributed by atoms with Crippen LogP contribution in [0.15, 0.2) is 41.4 Å². The van der Waals surface area contributed by atoms with E-state index in [1.165, 1.54) is 4.31 Å². The summed E-state index contributed by atoms with van der Waals surface area (Å²) >= 11 is 0. The third kappa shape index (κ3) is 3.22. The molecular weight excluding hydrogens is 362 g/mol. The topological polar surface area (TPSA) is 83.3 Å². The van der Waals surface area contributed by atoms with Gasteiger partial charge in [0, 0.05) is 25.7 Å². The molecule has 0 bridgehead atoms. The molecule has 2 aliphatic rings. The summed E-state index contributed by atoms with van der Waals surface area (Å²) in [7, 11) is -3.54. The average molecular weight is 381 g/mol. The van der Waals surface area contributed by atoms with Gasteiger partial charge < -0.3 is 4.74 Å². The Balaban J connectivity index is 1.57. The minimum Gasteiger partial charge on any atom is -0.493 e. The molecule has 2 aliphatic heterocycles. The van der Waals surface area contributed by atoms with Gasteiger partial charge in [0.1, 0.15) is 11.8 Å². The molecule has 0 fully saturated rings. The van der Waals surface area contributed by atoms with Crippen LogP contribution < -0.4 is 4.74 Å². The molecule has 7 heteroatoms. The minimum atomic E-state index is -3.54. The summed E-state index contributed by atoms with van der Waals surface area (Å²) in [6, 6.07) is 8.97. The van der Waals surface area contributed by atoms with E-state index in [4.69, 9.17) is 10.00 Å². The van der Waals surface area contributed by atoms with Gasteiger partial charge in [-0.15, -0.1) is 0 Å². The Morgan fingerprint density at radius 2 is 2.11 bits per heavy atom. The lowest BCUT2D eigenvalue weighted by Crippen LogP contribution is -2.34. The second kappa shape index (κ2) is 6.80. The van der Waals surface area contributed by atoms with Crippen LogP contribution in [0.2, 0.25) is 0 Å². The Bertz CT molecular complexity index is 1080. The van der Waals surface area contributed by atoms with E-state index in [-0.39, 0.29) is 0 Å². The molecule has 0 amide bonds. The minimum absolute atomic E-state index is 0.312. The molecule has 2 aromatic rings. The highest BCUT2D eigenvalue weighted by Crippen LogP contribution is 2.31. The molecule has 0 aliphatic carbocycles. The van der Waals surface area contributed by atoms with Gasteiger partial charge in [-0.25, -0.2) is 8.42 Å². The highest BCUT2D eigenvalue weighted by molar-refractivity contribution is 7.89. The van der Waals surface area contributed by atoms with Crippen LogP contribution in [-0.4, -0.2) is 37.4 Å². The first-order valence-electron chi connectivity index (χ1n) is 8.81. The zero-order valence-electron chi connectivity index (χ0n) is 15.0. The summed E-state index contributed by atoms with van der Waals surface area (Å²) in [5.41, 5.74) is 4.25. The van der Waals surface area contributed by atoms with Crippen LogP contribution in [-0.2, 0) is 16.4 Å². The standard InChI is InChI=1S/C20H19N3O3S/c1-14-10-15(12-21)13-22-20(14)16-4-7-23(8-5-16)27(24,25)18-2-3-19-17(11-18)6-9-26-19/h2-4,10-11,13H,5-9H2,1H3. The number of benzene rings is 1. The summed E-state index contributed by atoms with van der Waals surface area (Å²) in [6.07, 6.45) is 4.80. The molecule has 6 nitrogen and oxygen atoms in total. The third-order valence-electron chi connectivity index (χ3n) is 4.98. The normalized spacial score (nSPS) is 17.0. The Kier molecular flexibility index (Phi) is 4.46. The molecule has 0 saturated heterocycles. The highest BCUT2D eigenvalue weighted by Gasteiger charge is 2.28. The Morgan fingerprint density at radius 3 is 2.81 bits per heavy atom. The fourth-order valence-electron chi connectivity index (χ4n) is 3.53. The van der Waals surface area contributed by atoms with Crippen LogP contribution >= 0.6 is 0 Å². The van der Waals surface area contributed by atoms with Crippen LogP contribution in [0.1, 0.15) is 28.8 Å². The van der Waals surface area contributed by atoms with Crippen LogP contribution in [0.3, 0.4) is 0 Å². The number of nitriles is 1. The lowest BCUT2D eigenvalue weighted by molar-refractivity contribution is 0.356. The fraction of sp³-hybridized carbons (Fsp3) is 0.300. The maximum atomic E-state index is 13.0. The average Bonchev–Trinajstić information content (AvgIpc) is 3.16. The van der Waals surface area contributed by atoms with Crippen molar-refractivity contribution in [1.82, 2.24) is 9.29 Å². The number of rotatable bonds is 3. The van der Waals surface area contributed by atoms with Gasteiger partial charge in [-0.1, -0.05) is 6.08 Å². The van der Waals surface area contributed by atoms with Crippen LogP contribution in [0, 0.1) is 18.3 Å². The summed E-state index contributed by atoms with van der Waals surface area (Å²) < 4.78 is 32.9. The fourth-order valence-corrected chi connectivity index (χ4v) is 4.96. The second-order valence-corrected chi connectivity index (χ2v) is 8.65. The van der Waals surface area contributed by atoms with Gasteiger partial charge in [0.05, 0.1) is 22.8 Å². The first-order chi connectivity index (χ1) is 13.0. The SMILES string of the molecule is Cc1cc(C#N)cnc1C1=CCN(S(=O)(=O)c2ccc3c(c2)CCO3)CC1. The number of aromatic nitrogens is 1. The summed E-state index contributed by atoms with van der Waals surface area (Å²) in [5.74, 6) is 0.775. The molecule has 0 N–H and O–H groups in total. The molecule has 27 heavy (non-hydrogen) atoms. The number of sulfonamides is 1. The third-order valence-corrected chi connectivity index (χ3v) is 6.84. The van der Waals surface area contributed by atoms with Crippen molar-refractivity contribution < 1.29 is 13.2 Å². The molecule has 0 radical (unpaired) electrons. The summed E-state index contributed by atoms with van der Waals surface area (Å²) in [4.78, 5) is 4.70. The zero-order chi connectivity index (χ0) is 19.0. The van der Waals surface area contributed by atoms with Crippen molar-refractivity contribution in [2.24, 2.45) is 0 Å². The molecular formula is C20H19N3O3S. The monoisotopic (exact) mass is 381 g/mol. The second-order valence-electron chi connectivity index (χ2n) is 6.71. The van der Waals surface area contributed by atoms with Gasteiger partial charge in [-0.3, -0.25) is 4.98 Å². The van der Waals surface area contributed by atoms with Crippen molar-refractivity contribution in [3.63, 3.8) is 0 Å². The van der Waals surface area contributed by atoms with E-state index in [1.807, 2.05) is 13.0 Å². The molecule has 138 valence electrons. The molecule has 0 spiro atoms. The smallest absolute Gasteiger partial charge is 0.243 e. The molecule has 1 aromatic heterocycles. The van der Waals surface area contributed by atoms with Crippen LogP contribution in [0.4, 0.5) is 0 Å². The van der Waals surface area contributed by atoms with Crippen molar-refractivity contribution in [2.75, 3.05) is 19.7 Å². The van der Waals surface area contributed by atoms with Crippen molar-refractivity contribution in [2.45, 2.75) is 24.7 Å². The molecule has 0 saturated carbocycles. The van der Waals surface area contributed by atoms with Crippen molar-refractivity contribution in [1.29, 1.82) is 5.26 Å². The molecule has 1 aromatic carbocycles. The molecule has 0 unspecified atom stereocenters. The number of hydrogen-bond acceptors (Lipinski definition) is 5. The van der Waals surface area contributed by atoms with Gasteiger partial charge in [0.25, 0.3) is 0 Å². The summed E-state index contributed by atoms with van der Waals surface area (Å²) in [5, 5.41) is 8.97. The lowest BCUT2D eigenvalue weighted by atomic mass is 10.0. The van der Waals surface area contributed by atoms with Crippen molar-refractivity contribution in [3.05, 3.63) is 58.9 Å². The van der Waals surface area contributed by atoms with Gasteiger partial charge in [0.2, 0.25) is 10.0 Å². The number of nitrogens with zero attached hydrogens (tertiary/aromatic N) is 3. The van der Waals surface area contributed by atoms with E-state index >= 15 is 0 Å². The number of pyridine rings is 1. The Morgan fingerprint density at radius 1 is 1.26 bits per heavy atom. The van der Waals surface area contributed by atoms with Gasteiger partial charge in [-0.2, -0.15) is 9.57 Å². The predicted molar refractivity (Wildman–Crippen MR) is 101 cm³/mol. The van der Waals surface area contributed by atoms with Crippen molar-refractivity contribution in [3.8, 4) is 11.8 Å². The van der Waals surface area contributed by atoms with Gasteiger partial charge in [0.15, 0.2) is 0 Å². The zero-order valence-corrected chi connectivity index (χ0v) is 15.8. The maximum Gasteiger partial charge on any atom is 0.243 e. The maximum absolute atomic E-state index is 13.0. The highest BCUT2D eigenvalue weighted by atomic mass is 32.2. The van der Waals surface area contributed by atoms with Crippen LogP contribution in [0.25, 0.3) is 5.57 Å². The van der Waals surface area contributed by atoms with Crippen molar-refractivity contribution >= 4 is 15.6 Å². The molecule has 3 heterocycles. The Labute approximate surface area is 158 Å². The van der Waals surface area contributed by atoms with E-state index in [2.05, 4.69) is 11.1 Å². The predicted octanol–water partition coefficient (Wildman–Crippen LogP) is 2.67. The quantitative estimate of drug-likeness (QED) is 0.816. The molecule has 0 atom stereocenters. The lowest BCUT2D eigenvalue weighted by Gasteiger charge is -2.26. The van der Waals surface area contributed by atoms with E-state index < -0.39 is 10.0 Å². The van der Waals surface area contributed by atoms with E-state index in [0.717, 1.165) is 34.6 Å². The van der Waals surface area contributed by atoms with E-state index in [1.54, 1.807) is 30.5 Å². The molecule has 4 rings (SSSR count). The largest absolute Gasteiger partial charge is 0.493 e.